The summed E-state index contributed by atoms with van der Waals surface area (Å²) in [5, 5.41) is 17.4. The van der Waals surface area contributed by atoms with Crippen LogP contribution in [0.2, 0.25) is 0 Å². The number of thioether (sulfide) groups is 2. The number of aromatic nitrogens is 3. The fourth-order valence-corrected chi connectivity index (χ4v) is 4.23. The van der Waals surface area contributed by atoms with Crippen LogP contribution in [0.1, 0.15) is 22.8 Å². The maximum atomic E-state index is 10.9. The van der Waals surface area contributed by atoms with Gasteiger partial charge in [-0.3, -0.25) is 10.1 Å². The van der Waals surface area contributed by atoms with Crippen LogP contribution < -0.4 is 4.68 Å². The van der Waals surface area contributed by atoms with Crippen LogP contribution in [0, 0.1) is 10.1 Å². The number of nitrogens with one attached hydrogen (secondary N) is 1. The molecule has 0 aliphatic heterocycles. The summed E-state index contributed by atoms with van der Waals surface area (Å²) in [4.78, 5) is 10.9. The zero-order chi connectivity index (χ0) is 18.9. The van der Waals surface area contributed by atoms with Gasteiger partial charge in [-0.25, -0.2) is 5.10 Å². The second-order valence-corrected chi connectivity index (χ2v) is 7.65. The molecule has 0 saturated carbocycles. The Labute approximate surface area is 165 Å². The summed E-state index contributed by atoms with van der Waals surface area (Å²) in [6.45, 7) is 0. The first-order valence-electron chi connectivity index (χ1n) is 8.30. The van der Waals surface area contributed by atoms with Crippen LogP contribution in [0.5, 0.6) is 0 Å². The maximum absolute atomic E-state index is 10.9. The van der Waals surface area contributed by atoms with E-state index < -0.39 is 5.03 Å². The van der Waals surface area contributed by atoms with Gasteiger partial charge in [0.25, 0.3) is 5.82 Å². The summed E-state index contributed by atoms with van der Waals surface area (Å²) >= 11 is 3.30. The van der Waals surface area contributed by atoms with Crippen molar-refractivity contribution in [1.82, 2.24) is 10.2 Å². The first kappa shape index (κ1) is 19.2. The van der Waals surface area contributed by atoms with Gasteiger partial charge in [0, 0.05) is 16.5 Å². The van der Waals surface area contributed by atoms with Gasteiger partial charge in [-0.2, -0.15) is 0 Å². The van der Waals surface area contributed by atoms with Gasteiger partial charge in [-0.05, 0) is 11.1 Å². The standard InChI is InChI=1S/C18H19N5O2S2/c24-23(25)21-22-17(13-26-11-15-7-3-1-4-8-15)19-20-18(22)14-27-12-16-9-5-2-6-10-16/h1-10,19H,11-14H2. The van der Waals surface area contributed by atoms with Crippen molar-refractivity contribution in [2.24, 2.45) is 0 Å². The zero-order valence-electron chi connectivity index (χ0n) is 14.5. The van der Waals surface area contributed by atoms with E-state index in [0.717, 1.165) is 11.5 Å². The third kappa shape index (κ3) is 6.00. The summed E-state index contributed by atoms with van der Waals surface area (Å²) in [5.74, 6) is 3.88. The number of aromatic amines is 1. The molecular formula is C18H19N5O2S2. The molecular weight excluding hydrogens is 382 g/mol. The van der Waals surface area contributed by atoms with E-state index in [0.29, 0.717) is 23.2 Å². The first-order valence-corrected chi connectivity index (χ1v) is 10.6. The van der Waals surface area contributed by atoms with Gasteiger partial charge in [-0.15, -0.1) is 33.3 Å². The average molecular weight is 402 g/mol. The van der Waals surface area contributed by atoms with E-state index in [1.165, 1.54) is 15.8 Å². The molecule has 2 aromatic carbocycles. The molecule has 0 bridgehead atoms. The second kappa shape index (κ2) is 9.98. The van der Waals surface area contributed by atoms with Gasteiger partial charge >= 0.3 is 5.82 Å². The van der Waals surface area contributed by atoms with Crippen LogP contribution in [0.4, 0.5) is 0 Å². The summed E-state index contributed by atoms with van der Waals surface area (Å²) in [7, 11) is 0. The van der Waals surface area contributed by atoms with Crippen LogP contribution in [-0.2, 0) is 23.0 Å². The molecule has 0 radical (unpaired) electrons. The van der Waals surface area contributed by atoms with Crippen LogP contribution in [0.3, 0.4) is 0 Å². The topological polar surface area (TPSA) is 89.8 Å². The molecule has 7 nitrogen and oxygen atoms in total. The Kier molecular flexibility index (Phi) is 7.11. The number of H-pyrrole nitrogens is 1. The lowest BCUT2D eigenvalue weighted by Crippen LogP contribution is -2.38. The molecule has 0 atom stereocenters. The number of nitrogens with zero attached hydrogens (tertiary/aromatic N) is 4. The minimum Gasteiger partial charge on any atom is -0.264 e. The number of benzene rings is 2. The smallest absolute Gasteiger partial charge is 0.264 e. The third-order valence-corrected chi connectivity index (χ3v) is 5.68. The van der Waals surface area contributed by atoms with E-state index >= 15 is 0 Å². The summed E-state index contributed by atoms with van der Waals surface area (Å²) in [6.07, 6.45) is 0. The average Bonchev–Trinajstić information content (AvgIpc) is 3.05. The lowest BCUT2D eigenvalue weighted by Gasteiger charge is -2.05. The zero-order valence-corrected chi connectivity index (χ0v) is 16.2. The number of hydrogen-bond donors (Lipinski definition) is 1. The number of hydrogen-bond acceptors (Lipinski definition) is 5. The molecule has 0 fully saturated rings. The van der Waals surface area contributed by atoms with Crippen molar-refractivity contribution in [3.05, 3.63) is 99.1 Å². The Morgan fingerprint density at radius 2 is 1.48 bits per heavy atom. The maximum Gasteiger partial charge on any atom is 0.305 e. The van der Waals surface area contributed by atoms with Crippen LogP contribution in [0.25, 0.3) is 5.53 Å². The Morgan fingerprint density at radius 3 is 2.04 bits per heavy atom. The van der Waals surface area contributed by atoms with Gasteiger partial charge in [0.2, 0.25) is 0 Å². The van der Waals surface area contributed by atoms with E-state index in [-0.39, 0.29) is 0 Å². The normalized spacial score (nSPS) is 10.7. The predicted octanol–water partition coefficient (Wildman–Crippen LogP) is 3.89. The molecule has 27 heavy (non-hydrogen) atoms. The molecule has 1 N–H and O–H groups in total. The molecule has 0 amide bonds. The lowest BCUT2D eigenvalue weighted by atomic mass is 10.2. The molecule has 0 saturated heterocycles. The molecule has 1 aromatic heterocycles. The van der Waals surface area contributed by atoms with Crippen LogP contribution in [-0.4, -0.2) is 15.2 Å². The molecule has 0 unspecified atom stereocenters. The quantitative estimate of drug-likeness (QED) is 0.316. The molecule has 0 aliphatic rings. The van der Waals surface area contributed by atoms with Crippen molar-refractivity contribution in [2.45, 2.75) is 23.0 Å². The van der Waals surface area contributed by atoms with Crippen molar-refractivity contribution >= 4 is 23.5 Å². The SMILES string of the molecule is O=[N+]([O-])[N-][n+]1c(CSCc2ccccc2)n[nH]c1CSCc1ccccc1. The summed E-state index contributed by atoms with van der Waals surface area (Å²) in [6, 6.07) is 20.2. The Bertz CT molecular complexity index is 796. The van der Waals surface area contributed by atoms with Crippen molar-refractivity contribution in [3.63, 3.8) is 0 Å². The molecule has 0 spiro atoms. The van der Waals surface area contributed by atoms with Crippen molar-refractivity contribution in [3.8, 4) is 0 Å². The van der Waals surface area contributed by atoms with Crippen molar-refractivity contribution in [2.75, 3.05) is 0 Å². The molecule has 140 valence electrons. The molecule has 3 rings (SSSR count). The summed E-state index contributed by atoms with van der Waals surface area (Å²) < 4.78 is 1.32. The highest BCUT2D eigenvalue weighted by atomic mass is 32.2. The van der Waals surface area contributed by atoms with Gasteiger partial charge < -0.3 is 0 Å². The fraction of sp³-hybridized carbons (Fsp3) is 0.222. The van der Waals surface area contributed by atoms with Crippen LogP contribution >= 0.6 is 23.5 Å². The fourth-order valence-electron chi connectivity index (χ4n) is 2.42. The van der Waals surface area contributed by atoms with E-state index in [1.54, 1.807) is 23.5 Å². The number of rotatable bonds is 10. The summed E-state index contributed by atoms with van der Waals surface area (Å²) in [5.41, 5.74) is 5.90. The number of nitro groups is 1. The third-order valence-electron chi connectivity index (χ3n) is 3.67. The van der Waals surface area contributed by atoms with Gasteiger partial charge in [0.05, 0.1) is 5.75 Å². The Balaban J connectivity index is 1.59. The Hall–Kier alpha value is -2.52. The molecule has 1 heterocycles. The van der Waals surface area contributed by atoms with E-state index in [9.17, 15) is 10.1 Å². The lowest BCUT2D eigenvalue weighted by molar-refractivity contribution is -0.746. The highest BCUT2D eigenvalue weighted by Crippen LogP contribution is 2.18. The first-order chi connectivity index (χ1) is 13.2. The monoisotopic (exact) mass is 401 g/mol. The largest absolute Gasteiger partial charge is 0.305 e. The van der Waals surface area contributed by atoms with E-state index in [2.05, 4.69) is 40.0 Å². The highest BCUT2D eigenvalue weighted by Gasteiger charge is 2.19. The van der Waals surface area contributed by atoms with Crippen LogP contribution in [0.15, 0.2) is 60.7 Å². The molecule has 3 aromatic rings. The molecule has 9 heteroatoms. The molecule has 0 aliphatic carbocycles. The van der Waals surface area contributed by atoms with Gasteiger partial charge in [-0.1, -0.05) is 66.2 Å². The van der Waals surface area contributed by atoms with Gasteiger partial charge in [0.15, 0.2) is 0 Å². The van der Waals surface area contributed by atoms with E-state index in [1.807, 2.05) is 36.4 Å². The highest BCUT2D eigenvalue weighted by molar-refractivity contribution is 7.97. The Morgan fingerprint density at radius 1 is 0.926 bits per heavy atom. The second-order valence-electron chi connectivity index (χ2n) is 5.68. The van der Waals surface area contributed by atoms with Crippen molar-refractivity contribution in [1.29, 1.82) is 0 Å². The van der Waals surface area contributed by atoms with E-state index in [4.69, 9.17) is 0 Å². The predicted molar refractivity (Wildman–Crippen MR) is 107 cm³/mol. The minimum absolute atomic E-state index is 0.534. The van der Waals surface area contributed by atoms with Crippen molar-refractivity contribution < 1.29 is 9.71 Å². The minimum atomic E-state index is -0.688. The van der Waals surface area contributed by atoms with Gasteiger partial charge in [0.1, 0.15) is 5.75 Å².